The number of anilines is 1. The number of piperidine rings is 1. The maximum Gasteiger partial charge on any atom is 0.236 e. The number of nitrogen functional groups attached to an aromatic ring is 1. The topological polar surface area (TPSA) is 114 Å². The molecule has 10 nitrogen and oxygen atoms in total. The zero-order valence-corrected chi connectivity index (χ0v) is 22.0. The number of hydrogen-bond acceptors (Lipinski definition) is 8. The van der Waals surface area contributed by atoms with E-state index in [1.165, 1.54) is 38.7 Å². The first kappa shape index (κ1) is 25.3. The molecule has 0 saturated carbocycles. The lowest BCUT2D eigenvalue weighted by Gasteiger charge is -2.39. The lowest BCUT2D eigenvalue weighted by molar-refractivity contribution is -0.136. The normalized spacial score (nSPS) is 16.4. The van der Waals surface area contributed by atoms with E-state index < -0.39 is 0 Å². The zero-order valence-electron chi connectivity index (χ0n) is 22.0. The minimum atomic E-state index is 0.0357. The second kappa shape index (κ2) is 11.4. The summed E-state index contributed by atoms with van der Waals surface area (Å²) in [5, 5.41) is 8.95. The molecule has 6 rings (SSSR count). The van der Waals surface area contributed by atoms with Crippen LogP contribution in [0.5, 0.6) is 11.5 Å². The number of nitrogens with one attached hydrogen (secondary N) is 1. The molecule has 2 fully saturated rings. The smallest absolute Gasteiger partial charge is 0.236 e. The summed E-state index contributed by atoms with van der Waals surface area (Å²) in [6.07, 6.45) is 5.36. The molecule has 0 spiro atoms. The molecule has 4 aromatic rings. The summed E-state index contributed by atoms with van der Waals surface area (Å²) in [6, 6.07) is 17.4. The van der Waals surface area contributed by atoms with Gasteiger partial charge in [-0.25, -0.2) is 14.6 Å². The van der Waals surface area contributed by atoms with Crippen LogP contribution in [0, 0.1) is 0 Å². The monoisotopic (exact) mass is 526 g/mol. The fourth-order valence-electron chi connectivity index (χ4n) is 5.30. The molecule has 3 N–H and O–H groups in total. The molecule has 0 aliphatic carbocycles. The largest absolute Gasteiger partial charge is 0.457 e. The highest BCUT2D eigenvalue weighted by molar-refractivity contribution is 5.98. The van der Waals surface area contributed by atoms with Gasteiger partial charge >= 0.3 is 0 Å². The maximum atomic E-state index is 12.7. The van der Waals surface area contributed by atoms with Crippen LogP contribution >= 0.6 is 0 Å². The van der Waals surface area contributed by atoms with Gasteiger partial charge in [-0.1, -0.05) is 24.6 Å². The highest BCUT2D eigenvalue weighted by Gasteiger charge is 2.34. The second-order valence-electron chi connectivity index (χ2n) is 10.2. The Morgan fingerprint density at radius 3 is 2.49 bits per heavy atom. The summed E-state index contributed by atoms with van der Waals surface area (Å²) in [7, 11) is 0. The van der Waals surface area contributed by atoms with E-state index in [2.05, 4.69) is 20.2 Å². The number of aromatic nitrogens is 4. The van der Waals surface area contributed by atoms with Gasteiger partial charge in [0.25, 0.3) is 0 Å². The minimum Gasteiger partial charge on any atom is -0.457 e. The summed E-state index contributed by atoms with van der Waals surface area (Å²) >= 11 is 0. The fraction of sp³-hybridized carbons (Fsp3) is 0.379. The molecule has 1 amide bonds. The van der Waals surface area contributed by atoms with E-state index in [9.17, 15) is 4.79 Å². The van der Waals surface area contributed by atoms with E-state index in [1.807, 2.05) is 64.2 Å². The minimum absolute atomic E-state index is 0.0357. The molecule has 0 unspecified atom stereocenters. The van der Waals surface area contributed by atoms with Gasteiger partial charge in [-0.15, -0.1) is 0 Å². The number of rotatable bonds is 9. The van der Waals surface area contributed by atoms with Gasteiger partial charge < -0.3 is 25.6 Å². The summed E-state index contributed by atoms with van der Waals surface area (Å²) in [5.74, 6) is 2.01. The summed E-state index contributed by atoms with van der Waals surface area (Å²) in [6.45, 7) is 5.72. The van der Waals surface area contributed by atoms with E-state index in [0.29, 0.717) is 31.1 Å². The van der Waals surface area contributed by atoms with Crippen LogP contribution in [-0.4, -0.2) is 81.3 Å². The molecule has 0 atom stereocenters. The first-order chi connectivity index (χ1) is 19.2. The van der Waals surface area contributed by atoms with E-state index >= 15 is 0 Å². The van der Waals surface area contributed by atoms with Crippen molar-refractivity contribution in [3.8, 4) is 22.8 Å². The Balaban J connectivity index is 1.10. The van der Waals surface area contributed by atoms with Crippen LogP contribution < -0.4 is 15.8 Å². The summed E-state index contributed by atoms with van der Waals surface area (Å²) in [5.41, 5.74) is 8.59. The standard InChI is InChI=1S/C29H34N8O2/c30-28-26-27(21-9-11-24(12-10-21)39-23-7-3-1-4-8-23)34-37(29(26)33-20-32-28)22-18-36(19-22)25(38)17-31-13-16-35-14-5-2-6-15-35/h1,3-4,7-12,20,22,31H,2,5-6,13-19H2,(H2,30,32,33). The first-order valence-corrected chi connectivity index (χ1v) is 13.7. The molecule has 2 aliphatic heterocycles. The average molecular weight is 527 g/mol. The highest BCUT2D eigenvalue weighted by Crippen LogP contribution is 2.34. The average Bonchev–Trinajstić information content (AvgIpc) is 3.32. The van der Waals surface area contributed by atoms with Crippen LogP contribution in [0.2, 0.25) is 0 Å². The summed E-state index contributed by atoms with van der Waals surface area (Å²) < 4.78 is 7.82. The number of benzene rings is 2. The number of nitrogens with zero attached hydrogens (tertiary/aromatic N) is 6. The third kappa shape index (κ3) is 5.57. The molecule has 0 radical (unpaired) electrons. The number of nitrogens with two attached hydrogens (primary N) is 1. The molecular formula is C29H34N8O2. The van der Waals surface area contributed by atoms with Crippen molar-refractivity contribution in [1.82, 2.24) is 34.9 Å². The third-order valence-corrected chi connectivity index (χ3v) is 7.52. The Kier molecular flexibility index (Phi) is 7.38. The van der Waals surface area contributed by atoms with Crippen LogP contribution in [-0.2, 0) is 4.79 Å². The van der Waals surface area contributed by atoms with Crippen molar-refractivity contribution >= 4 is 22.8 Å². The lowest BCUT2D eigenvalue weighted by Crippen LogP contribution is -2.53. The molecule has 4 heterocycles. The highest BCUT2D eigenvalue weighted by atomic mass is 16.5. The second-order valence-corrected chi connectivity index (χ2v) is 10.2. The lowest BCUT2D eigenvalue weighted by atomic mass is 10.1. The van der Waals surface area contributed by atoms with Gasteiger partial charge in [-0.2, -0.15) is 5.10 Å². The number of likely N-dealkylation sites (tertiary alicyclic amines) is 2. The number of carbonyl (C=O) groups excluding carboxylic acids is 1. The van der Waals surface area contributed by atoms with Gasteiger partial charge in [0.05, 0.1) is 18.0 Å². The first-order valence-electron chi connectivity index (χ1n) is 13.7. The van der Waals surface area contributed by atoms with Crippen molar-refractivity contribution in [1.29, 1.82) is 0 Å². The predicted octanol–water partition coefficient (Wildman–Crippen LogP) is 3.33. The van der Waals surface area contributed by atoms with Crippen LogP contribution in [0.3, 0.4) is 0 Å². The molecule has 2 saturated heterocycles. The van der Waals surface area contributed by atoms with Gasteiger partial charge in [0, 0.05) is 31.7 Å². The van der Waals surface area contributed by atoms with Crippen molar-refractivity contribution in [2.45, 2.75) is 25.3 Å². The zero-order chi connectivity index (χ0) is 26.6. The Bertz CT molecular complexity index is 1410. The molecule has 2 aliphatic rings. The van der Waals surface area contributed by atoms with Crippen molar-refractivity contribution in [3.05, 3.63) is 60.9 Å². The van der Waals surface area contributed by atoms with Crippen molar-refractivity contribution < 1.29 is 9.53 Å². The summed E-state index contributed by atoms with van der Waals surface area (Å²) in [4.78, 5) is 25.8. The molecule has 202 valence electrons. The Morgan fingerprint density at radius 2 is 1.72 bits per heavy atom. The number of hydrogen-bond donors (Lipinski definition) is 2. The van der Waals surface area contributed by atoms with Crippen molar-refractivity contribution in [2.24, 2.45) is 0 Å². The molecular weight excluding hydrogens is 492 g/mol. The Hall–Kier alpha value is -4.02. The van der Waals surface area contributed by atoms with Crippen LogP contribution in [0.1, 0.15) is 25.3 Å². The van der Waals surface area contributed by atoms with Gasteiger partial charge in [0.15, 0.2) is 5.65 Å². The maximum absolute atomic E-state index is 12.7. The fourth-order valence-corrected chi connectivity index (χ4v) is 5.30. The van der Waals surface area contributed by atoms with Gasteiger partial charge in [0.2, 0.25) is 5.91 Å². The molecule has 2 aromatic carbocycles. The Morgan fingerprint density at radius 1 is 0.974 bits per heavy atom. The van der Waals surface area contributed by atoms with Crippen molar-refractivity contribution in [2.75, 3.05) is 51.5 Å². The van der Waals surface area contributed by atoms with Crippen LogP contribution in [0.15, 0.2) is 60.9 Å². The van der Waals surface area contributed by atoms with E-state index in [1.54, 1.807) is 0 Å². The van der Waals surface area contributed by atoms with E-state index in [0.717, 1.165) is 41.2 Å². The van der Waals surface area contributed by atoms with Gasteiger partial charge in [-0.3, -0.25) is 4.79 Å². The molecule has 39 heavy (non-hydrogen) atoms. The predicted molar refractivity (Wildman–Crippen MR) is 150 cm³/mol. The van der Waals surface area contributed by atoms with Crippen LogP contribution in [0.4, 0.5) is 5.82 Å². The number of amides is 1. The van der Waals surface area contributed by atoms with E-state index in [4.69, 9.17) is 15.6 Å². The molecule has 2 aromatic heterocycles. The quantitative estimate of drug-likeness (QED) is 0.319. The number of carbonyl (C=O) groups is 1. The van der Waals surface area contributed by atoms with Gasteiger partial charge in [-0.05, 0) is 62.3 Å². The molecule has 0 bridgehead atoms. The Labute approximate surface area is 227 Å². The van der Waals surface area contributed by atoms with Gasteiger partial charge in [0.1, 0.15) is 29.3 Å². The number of para-hydroxylation sites is 1. The van der Waals surface area contributed by atoms with Crippen LogP contribution in [0.25, 0.3) is 22.3 Å². The SMILES string of the molecule is Nc1ncnc2c1c(-c1ccc(Oc3ccccc3)cc1)nn2C1CN(C(=O)CNCCN2CCCCC2)C1. The van der Waals surface area contributed by atoms with E-state index in [-0.39, 0.29) is 11.9 Å². The van der Waals surface area contributed by atoms with Crippen molar-refractivity contribution in [3.63, 3.8) is 0 Å². The molecule has 10 heteroatoms. The third-order valence-electron chi connectivity index (χ3n) is 7.52. The number of fused-ring (bicyclic) bond motifs is 1. The number of ether oxygens (including phenoxy) is 1.